The number of carbonyl (C=O) groups is 1. The third kappa shape index (κ3) is 5.24. The van der Waals surface area contributed by atoms with Crippen molar-refractivity contribution in [3.8, 4) is 11.4 Å². The number of morpholine rings is 1. The summed E-state index contributed by atoms with van der Waals surface area (Å²) in [6, 6.07) is 9.73. The number of imidazole rings is 1. The van der Waals surface area contributed by atoms with Crippen LogP contribution in [0.15, 0.2) is 48.4 Å². The molecule has 8 nitrogen and oxygen atoms in total. The molecule has 0 aliphatic carbocycles. The molecule has 0 spiro atoms. The number of nitrogens with zero attached hydrogens (tertiary/aromatic N) is 5. The molecule has 2 fully saturated rings. The Labute approximate surface area is 216 Å². The van der Waals surface area contributed by atoms with Crippen LogP contribution >= 0.6 is 11.6 Å². The smallest absolute Gasteiger partial charge is 0.250 e. The first kappa shape index (κ1) is 24.3. The van der Waals surface area contributed by atoms with Crippen molar-refractivity contribution >= 4 is 29.4 Å². The standard InChI is InChI=1S/C27H30ClN5O3/c1-19-16-33(18-29-19)23-7-5-20(15-24(23)35-2)14-21-4-3-9-32(27(21)34)17-22-6-8-25(28)30-26(22)31-10-12-36-13-11-31/h5-8,14-16,18H,3-4,9-13,17H2,1-2H3/b21-14+. The lowest BCUT2D eigenvalue weighted by molar-refractivity contribution is -0.129. The van der Waals surface area contributed by atoms with Gasteiger partial charge in [0.2, 0.25) is 5.91 Å². The van der Waals surface area contributed by atoms with Gasteiger partial charge >= 0.3 is 0 Å². The molecule has 0 atom stereocenters. The Balaban J connectivity index is 1.37. The van der Waals surface area contributed by atoms with Crippen LogP contribution < -0.4 is 9.64 Å². The van der Waals surface area contributed by atoms with Gasteiger partial charge in [0.1, 0.15) is 16.7 Å². The maximum atomic E-state index is 13.5. The minimum atomic E-state index is 0.0532. The molecule has 3 aromatic rings. The fraction of sp³-hybridized carbons (Fsp3) is 0.370. The van der Waals surface area contributed by atoms with E-state index in [0.29, 0.717) is 31.5 Å². The van der Waals surface area contributed by atoms with Gasteiger partial charge in [-0.25, -0.2) is 9.97 Å². The lowest BCUT2D eigenvalue weighted by atomic mass is 10.00. The van der Waals surface area contributed by atoms with Crippen molar-refractivity contribution in [1.82, 2.24) is 19.4 Å². The van der Waals surface area contributed by atoms with E-state index in [0.717, 1.165) is 65.6 Å². The zero-order valence-electron chi connectivity index (χ0n) is 20.6. The van der Waals surface area contributed by atoms with Crippen molar-refractivity contribution in [2.45, 2.75) is 26.3 Å². The molecule has 2 aliphatic heterocycles. The summed E-state index contributed by atoms with van der Waals surface area (Å²) < 4.78 is 13.1. The average molecular weight is 508 g/mol. The summed E-state index contributed by atoms with van der Waals surface area (Å²) >= 11 is 6.22. The molecular weight excluding hydrogens is 478 g/mol. The Bertz CT molecular complexity index is 1280. The summed E-state index contributed by atoms with van der Waals surface area (Å²) in [6.07, 6.45) is 7.35. The molecule has 0 bridgehead atoms. The number of benzene rings is 1. The third-order valence-corrected chi connectivity index (χ3v) is 6.77. The van der Waals surface area contributed by atoms with E-state index >= 15 is 0 Å². The zero-order valence-corrected chi connectivity index (χ0v) is 21.4. The number of hydrogen-bond donors (Lipinski definition) is 0. The monoisotopic (exact) mass is 507 g/mol. The van der Waals surface area contributed by atoms with Gasteiger partial charge in [0.05, 0.1) is 38.0 Å². The topological polar surface area (TPSA) is 72.7 Å². The van der Waals surface area contributed by atoms with Crippen molar-refractivity contribution in [3.05, 3.63) is 70.4 Å². The second-order valence-electron chi connectivity index (χ2n) is 9.07. The van der Waals surface area contributed by atoms with Crippen LogP contribution in [-0.4, -0.2) is 65.3 Å². The number of hydrogen-bond acceptors (Lipinski definition) is 6. The number of pyridine rings is 1. The second-order valence-corrected chi connectivity index (χ2v) is 9.46. The van der Waals surface area contributed by atoms with Gasteiger partial charge < -0.3 is 23.8 Å². The highest BCUT2D eigenvalue weighted by Gasteiger charge is 2.26. The first-order valence-electron chi connectivity index (χ1n) is 12.2. The molecule has 5 rings (SSSR count). The summed E-state index contributed by atoms with van der Waals surface area (Å²) in [5.41, 5.74) is 4.56. The fourth-order valence-corrected chi connectivity index (χ4v) is 4.88. The van der Waals surface area contributed by atoms with Crippen LogP contribution in [0.25, 0.3) is 11.8 Å². The quantitative estimate of drug-likeness (QED) is 0.366. The van der Waals surface area contributed by atoms with Crippen molar-refractivity contribution in [2.75, 3.05) is 44.9 Å². The molecule has 0 unspecified atom stereocenters. The molecule has 2 saturated heterocycles. The maximum absolute atomic E-state index is 13.5. The summed E-state index contributed by atoms with van der Waals surface area (Å²) in [5.74, 6) is 1.62. The van der Waals surface area contributed by atoms with Gasteiger partial charge in [-0.1, -0.05) is 23.7 Å². The van der Waals surface area contributed by atoms with Gasteiger partial charge in [-0.2, -0.15) is 0 Å². The number of halogens is 1. The lowest BCUT2D eigenvalue weighted by Crippen LogP contribution is -2.39. The number of aromatic nitrogens is 3. The number of anilines is 1. The fourth-order valence-electron chi connectivity index (χ4n) is 4.74. The Morgan fingerprint density at radius 2 is 2.00 bits per heavy atom. The molecule has 9 heteroatoms. The van der Waals surface area contributed by atoms with Crippen molar-refractivity contribution in [3.63, 3.8) is 0 Å². The SMILES string of the molecule is COc1cc(/C=C2\CCCN(Cc3ccc(Cl)nc3N3CCOCC3)C2=O)ccc1-n1cnc(C)c1. The van der Waals surface area contributed by atoms with Gasteiger partial charge in [0.25, 0.3) is 0 Å². The molecule has 0 N–H and O–H groups in total. The number of ether oxygens (including phenoxy) is 2. The van der Waals surface area contributed by atoms with Crippen LogP contribution in [0.1, 0.15) is 29.7 Å². The van der Waals surface area contributed by atoms with Gasteiger partial charge in [-0.05, 0) is 49.6 Å². The maximum Gasteiger partial charge on any atom is 0.250 e. The third-order valence-electron chi connectivity index (χ3n) is 6.56. The van der Waals surface area contributed by atoms with Gasteiger partial charge in [0, 0.05) is 43.5 Å². The number of likely N-dealkylation sites (tertiary alicyclic amines) is 1. The van der Waals surface area contributed by atoms with Crippen molar-refractivity contribution < 1.29 is 14.3 Å². The molecule has 2 aliphatic rings. The van der Waals surface area contributed by atoms with Gasteiger partial charge in [0.15, 0.2) is 0 Å². The molecule has 0 radical (unpaired) electrons. The molecular formula is C27H30ClN5O3. The molecule has 188 valence electrons. The van der Waals surface area contributed by atoms with Crippen LogP contribution in [0.4, 0.5) is 5.82 Å². The predicted octanol–water partition coefficient (Wildman–Crippen LogP) is 4.28. The number of rotatable bonds is 6. The number of carbonyl (C=O) groups excluding carboxylic acids is 1. The number of piperidine rings is 1. The Morgan fingerprint density at radius 1 is 1.17 bits per heavy atom. The van der Waals surface area contributed by atoms with E-state index in [1.807, 2.05) is 52.9 Å². The largest absolute Gasteiger partial charge is 0.495 e. The molecule has 2 aromatic heterocycles. The number of methoxy groups -OCH3 is 1. The first-order chi connectivity index (χ1) is 17.5. The normalized spacial score (nSPS) is 17.6. The van der Waals surface area contributed by atoms with E-state index in [1.54, 1.807) is 19.5 Å². The molecule has 1 aromatic carbocycles. The van der Waals surface area contributed by atoms with Crippen LogP contribution in [-0.2, 0) is 16.1 Å². The summed E-state index contributed by atoms with van der Waals surface area (Å²) in [5, 5.41) is 0.453. The van der Waals surface area contributed by atoms with Crippen LogP contribution in [0.2, 0.25) is 5.15 Å². The van der Waals surface area contributed by atoms with E-state index in [9.17, 15) is 4.79 Å². The zero-order chi connectivity index (χ0) is 25.1. The molecule has 0 saturated carbocycles. The second kappa shape index (κ2) is 10.7. The molecule has 36 heavy (non-hydrogen) atoms. The first-order valence-corrected chi connectivity index (χ1v) is 12.6. The summed E-state index contributed by atoms with van der Waals surface area (Å²) in [7, 11) is 1.65. The highest BCUT2D eigenvalue weighted by atomic mass is 35.5. The average Bonchev–Trinajstić information content (AvgIpc) is 3.33. The molecule has 4 heterocycles. The van der Waals surface area contributed by atoms with Crippen LogP contribution in [0, 0.1) is 6.92 Å². The van der Waals surface area contributed by atoms with E-state index < -0.39 is 0 Å². The minimum absolute atomic E-state index is 0.0532. The van der Waals surface area contributed by atoms with Gasteiger partial charge in [-0.3, -0.25) is 4.79 Å². The lowest BCUT2D eigenvalue weighted by Gasteiger charge is -2.32. The van der Waals surface area contributed by atoms with Crippen molar-refractivity contribution in [1.29, 1.82) is 0 Å². The van der Waals surface area contributed by atoms with E-state index in [4.69, 9.17) is 21.1 Å². The van der Waals surface area contributed by atoms with Crippen molar-refractivity contribution in [2.24, 2.45) is 0 Å². The number of aryl methyl sites for hydroxylation is 1. The predicted molar refractivity (Wildman–Crippen MR) is 140 cm³/mol. The Hall–Kier alpha value is -3.36. The summed E-state index contributed by atoms with van der Waals surface area (Å²) in [6.45, 7) is 5.99. The highest BCUT2D eigenvalue weighted by molar-refractivity contribution is 6.29. The van der Waals surface area contributed by atoms with Crippen LogP contribution in [0.5, 0.6) is 5.75 Å². The Morgan fingerprint density at radius 3 is 2.75 bits per heavy atom. The minimum Gasteiger partial charge on any atom is -0.495 e. The molecule has 1 amide bonds. The van der Waals surface area contributed by atoms with E-state index in [1.165, 1.54) is 0 Å². The number of amides is 1. The summed E-state index contributed by atoms with van der Waals surface area (Å²) in [4.78, 5) is 26.5. The van der Waals surface area contributed by atoms with E-state index in [2.05, 4.69) is 14.9 Å². The Kier molecular flexibility index (Phi) is 7.25. The van der Waals surface area contributed by atoms with Crippen LogP contribution in [0.3, 0.4) is 0 Å². The highest BCUT2D eigenvalue weighted by Crippen LogP contribution is 2.29. The van der Waals surface area contributed by atoms with E-state index in [-0.39, 0.29) is 5.91 Å². The van der Waals surface area contributed by atoms with Gasteiger partial charge in [-0.15, -0.1) is 0 Å².